The van der Waals surface area contributed by atoms with Crippen molar-refractivity contribution in [2.75, 3.05) is 10.6 Å². The number of carbonyl (C=O) groups excluding carboxylic acids is 2. The molecule has 2 N–H and O–H groups in total. The molecule has 0 saturated carbocycles. The van der Waals surface area contributed by atoms with Gasteiger partial charge in [0.15, 0.2) is 4.96 Å². The summed E-state index contributed by atoms with van der Waals surface area (Å²) in [5.74, 6) is -0.255. The maximum atomic E-state index is 12.5. The molecule has 0 bridgehead atoms. The molecule has 25 heavy (non-hydrogen) atoms. The van der Waals surface area contributed by atoms with Gasteiger partial charge in [0.1, 0.15) is 4.83 Å². The number of benzene rings is 1. The van der Waals surface area contributed by atoms with Crippen molar-refractivity contribution < 1.29 is 9.59 Å². The summed E-state index contributed by atoms with van der Waals surface area (Å²) in [4.78, 5) is 30.9. The Kier molecular flexibility index (Phi) is 3.98. The number of aromatic nitrogens is 2. The van der Waals surface area contributed by atoms with Crippen LogP contribution in [0.25, 0.3) is 15.3 Å². The lowest BCUT2D eigenvalue weighted by atomic mass is 10.2. The highest BCUT2D eigenvalue weighted by Gasteiger charge is 2.15. The Morgan fingerprint density at radius 2 is 2.00 bits per heavy atom. The minimum absolute atomic E-state index is 0.0663. The number of imidazole rings is 1. The average Bonchev–Trinajstić information content (AvgIpc) is 3.26. The second kappa shape index (κ2) is 6.30. The molecule has 8 heteroatoms. The molecule has 0 fully saturated rings. The molecular formula is C17H14N4O2S2. The first kappa shape index (κ1) is 15.8. The number of nitrogens with one attached hydrogen (secondary N) is 2. The third kappa shape index (κ3) is 3.01. The summed E-state index contributed by atoms with van der Waals surface area (Å²) in [5.41, 5.74) is 2.23. The van der Waals surface area contributed by atoms with Crippen molar-refractivity contribution in [3.8, 4) is 0 Å². The predicted octanol–water partition coefficient (Wildman–Crippen LogP) is 4.21. The van der Waals surface area contributed by atoms with Gasteiger partial charge in [0.2, 0.25) is 5.91 Å². The number of amides is 2. The second-order valence-electron chi connectivity index (χ2n) is 5.41. The van der Waals surface area contributed by atoms with E-state index in [1.165, 1.54) is 11.3 Å². The van der Waals surface area contributed by atoms with E-state index in [0.717, 1.165) is 15.3 Å². The number of carbonyl (C=O) groups is 2. The van der Waals surface area contributed by atoms with Crippen LogP contribution in [0.2, 0.25) is 0 Å². The van der Waals surface area contributed by atoms with Crippen molar-refractivity contribution in [1.29, 1.82) is 0 Å². The van der Waals surface area contributed by atoms with Gasteiger partial charge in [0, 0.05) is 29.4 Å². The Morgan fingerprint density at radius 3 is 2.80 bits per heavy atom. The molecule has 0 unspecified atom stereocenters. The van der Waals surface area contributed by atoms with Crippen molar-refractivity contribution >= 4 is 61.2 Å². The second-order valence-corrected chi connectivity index (χ2v) is 7.31. The summed E-state index contributed by atoms with van der Waals surface area (Å²) in [5, 5.41) is 7.62. The molecule has 0 saturated heterocycles. The van der Waals surface area contributed by atoms with Gasteiger partial charge in [-0.15, -0.1) is 22.7 Å². The molecule has 0 spiro atoms. The fourth-order valence-corrected chi connectivity index (χ4v) is 4.17. The van der Waals surface area contributed by atoms with Gasteiger partial charge in [-0.3, -0.25) is 14.0 Å². The fraction of sp³-hybridized carbons (Fsp3) is 0.118. The molecule has 1 aromatic carbocycles. The van der Waals surface area contributed by atoms with Crippen LogP contribution in [0.15, 0.2) is 41.9 Å². The minimum atomic E-state index is -0.189. The third-order valence-electron chi connectivity index (χ3n) is 3.69. The van der Waals surface area contributed by atoms with E-state index in [9.17, 15) is 9.59 Å². The first-order valence-electron chi connectivity index (χ1n) is 7.70. The SMILES string of the molecule is CCC(=O)Nc1cccc(NC(=O)c2cc3c(nc4sccn43)s2)c1. The van der Waals surface area contributed by atoms with E-state index in [1.54, 1.807) is 42.5 Å². The summed E-state index contributed by atoms with van der Waals surface area (Å²) in [7, 11) is 0. The minimum Gasteiger partial charge on any atom is -0.326 e. The fourth-order valence-electron chi connectivity index (χ4n) is 2.48. The van der Waals surface area contributed by atoms with E-state index in [0.29, 0.717) is 22.7 Å². The van der Waals surface area contributed by atoms with Gasteiger partial charge in [0.05, 0.1) is 10.4 Å². The summed E-state index contributed by atoms with van der Waals surface area (Å²) >= 11 is 2.93. The van der Waals surface area contributed by atoms with Crippen LogP contribution in [0, 0.1) is 0 Å². The van der Waals surface area contributed by atoms with E-state index in [-0.39, 0.29) is 11.8 Å². The zero-order chi connectivity index (χ0) is 17.4. The van der Waals surface area contributed by atoms with Gasteiger partial charge in [0.25, 0.3) is 5.91 Å². The van der Waals surface area contributed by atoms with Crippen LogP contribution >= 0.6 is 22.7 Å². The quantitative estimate of drug-likeness (QED) is 0.565. The Hall–Kier alpha value is -2.71. The largest absolute Gasteiger partial charge is 0.326 e. The van der Waals surface area contributed by atoms with Crippen LogP contribution in [0.1, 0.15) is 23.0 Å². The van der Waals surface area contributed by atoms with Gasteiger partial charge in [-0.05, 0) is 24.3 Å². The highest BCUT2D eigenvalue weighted by Crippen LogP contribution is 2.29. The van der Waals surface area contributed by atoms with Gasteiger partial charge < -0.3 is 10.6 Å². The highest BCUT2D eigenvalue weighted by molar-refractivity contribution is 7.21. The van der Waals surface area contributed by atoms with Gasteiger partial charge in [-0.2, -0.15) is 0 Å². The van der Waals surface area contributed by atoms with Crippen LogP contribution in [0.4, 0.5) is 11.4 Å². The lowest BCUT2D eigenvalue weighted by molar-refractivity contribution is -0.115. The molecule has 6 nitrogen and oxygen atoms in total. The van der Waals surface area contributed by atoms with Crippen LogP contribution in [0.5, 0.6) is 0 Å². The topological polar surface area (TPSA) is 75.5 Å². The van der Waals surface area contributed by atoms with Crippen molar-refractivity contribution in [3.63, 3.8) is 0 Å². The standard InChI is InChI=1S/C17H14N4O2S2/c1-2-14(22)18-10-4-3-5-11(8-10)19-15(23)13-9-12-16(25-13)20-17-21(12)6-7-24-17/h3-9H,2H2,1H3,(H,18,22)(H,19,23). The summed E-state index contributed by atoms with van der Waals surface area (Å²) in [6.45, 7) is 1.79. The zero-order valence-corrected chi connectivity index (χ0v) is 14.9. The van der Waals surface area contributed by atoms with E-state index in [1.807, 2.05) is 22.0 Å². The molecular weight excluding hydrogens is 356 g/mol. The first-order valence-corrected chi connectivity index (χ1v) is 9.40. The molecule has 4 rings (SSSR count). The maximum absolute atomic E-state index is 12.5. The summed E-state index contributed by atoms with van der Waals surface area (Å²) in [6.07, 6.45) is 2.35. The van der Waals surface area contributed by atoms with E-state index in [2.05, 4.69) is 15.6 Å². The Morgan fingerprint density at radius 1 is 1.20 bits per heavy atom. The molecule has 0 aliphatic rings. The summed E-state index contributed by atoms with van der Waals surface area (Å²) < 4.78 is 1.98. The van der Waals surface area contributed by atoms with Crippen LogP contribution in [-0.2, 0) is 4.79 Å². The summed E-state index contributed by atoms with van der Waals surface area (Å²) in [6, 6.07) is 8.96. The molecule has 4 aromatic rings. The number of fused-ring (bicyclic) bond motifs is 3. The number of rotatable bonds is 4. The zero-order valence-electron chi connectivity index (χ0n) is 13.3. The number of anilines is 2. The van der Waals surface area contributed by atoms with Gasteiger partial charge in [-0.25, -0.2) is 4.98 Å². The average molecular weight is 370 g/mol. The van der Waals surface area contributed by atoms with E-state index in [4.69, 9.17) is 0 Å². The molecule has 3 heterocycles. The van der Waals surface area contributed by atoms with Gasteiger partial charge >= 0.3 is 0 Å². The van der Waals surface area contributed by atoms with E-state index >= 15 is 0 Å². The highest BCUT2D eigenvalue weighted by atomic mass is 32.1. The van der Waals surface area contributed by atoms with Crippen molar-refractivity contribution in [1.82, 2.24) is 9.38 Å². The molecule has 2 amide bonds. The first-order chi connectivity index (χ1) is 12.1. The normalized spacial score (nSPS) is 11.1. The monoisotopic (exact) mass is 370 g/mol. The van der Waals surface area contributed by atoms with Gasteiger partial charge in [-0.1, -0.05) is 13.0 Å². The molecule has 0 aliphatic carbocycles. The number of thiophene rings is 1. The predicted molar refractivity (Wildman–Crippen MR) is 102 cm³/mol. The van der Waals surface area contributed by atoms with Crippen molar-refractivity contribution in [3.05, 3.63) is 46.8 Å². The number of hydrogen-bond donors (Lipinski definition) is 2. The number of thiazole rings is 1. The maximum Gasteiger partial charge on any atom is 0.265 e. The molecule has 3 aromatic heterocycles. The Bertz CT molecular complexity index is 1090. The Balaban J connectivity index is 1.56. The van der Waals surface area contributed by atoms with Crippen molar-refractivity contribution in [2.24, 2.45) is 0 Å². The molecule has 0 atom stereocenters. The van der Waals surface area contributed by atoms with Crippen LogP contribution in [-0.4, -0.2) is 21.2 Å². The van der Waals surface area contributed by atoms with Crippen molar-refractivity contribution in [2.45, 2.75) is 13.3 Å². The molecule has 0 radical (unpaired) electrons. The molecule has 0 aliphatic heterocycles. The Labute approximate surface area is 151 Å². The lowest BCUT2D eigenvalue weighted by Crippen LogP contribution is -2.12. The third-order valence-corrected chi connectivity index (χ3v) is 5.46. The van der Waals surface area contributed by atoms with Crippen LogP contribution in [0.3, 0.4) is 0 Å². The van der Waals surface area contributed by atoms with Crippen LogP contribution < -0.4 is 10.6 Å². The smallest absolute Gasteiger partial charge is 0.265 e. The lowest BCUT2D eigenvalue weighted by Gasteiger charge is -2.07. The number of nitrogens with zero attached hydrogens (tertiary/aromatic N) is 2. The molecule has 126 valence electrons. The number of hydrogen-bond acceptors (Lipinski definition) is 5. The van der Waals surface area contributed by atoms with E-state index < -0.39 is 0 Å².